The number of carbonyl (C=O) groups excluding carboxylic acids is 2. The van der Waals surface area contributed by atoms with Crippen LogP contribution in [0.15, 0.2) is 24.3 Å². The van der Waals surface area contributed by atoms with Crippen molar-refractivity contribution in [1.29, 1.82) is 0 Å². The number of nitrogens with zero attached hydrogens (tertiary/aromatic N) is 2. The molecule has 2 aliphatic rings. The number of hydrogen-bond donors (Lipinski definition) is 1. The molecule has 2 fully saturated rings. The lowest BCUT2D eigenvalue weighted by molar-refractivity contribution is -0.138. The smallest absolute Gasteiger partial charge is 0.237 e. The van der Waals surface area contributed by atoms with Crippen molar-refractivity contribution >= 4 is 11.8 Å². The van der Waals surface area contributed by atoms with Gasteiger partial charge in [-0.05, 0) is 24.5 Å². The Labute approximate surface area is 131 Å². The average Bonchev–Trinajstić information content (AvgIpc) is 2.83. The van der Waals surface area contributed by atoms with Crippen LogP contribution in [0.3, 0.4) is 0 Å². The molecular weight excluding hydrogens is 278 g/mol. The molecule has 118 valence electrons. The number of benzene rings is 1. The summed E-state index contributed by atoms with van der Waals surface area (Å²) in [4.78, 5) is 27.7. The summed E-state index contributed by atoms with van der Waals surface area (Å²) in [7, 11) is 0. The van der Waals surface area contributed by atoms with Crippen molar-refractivity contribution in [3.05, 3.63) is 35.4 Å². The van der Waals surface area contributed by atoms with E-state index < -0.39 is 0 Å². The molecule has 0 unspecified atom stereocenters. The highest BCUT2D eigenvalue weighted by molar-refractivity contribution is 5.80. The molecule has 1 aromatic rings. The maximum absolute atomic E-state index is 12.4. The predicted molar refractivity (Wildman–Crippen MR) is 84.2 cm³/mol. The summed E-state index contributed by atoms with van der Waals surface area (Å²) in [6, 6.07) is 8.64. The molecule has 2 heterocycles. The average molecular weight is 301 g/mol. The highest BCUT2D eigenvalue weighted by Gasteiger charge is 2.40. The van der Waals surface area contributed by atoms with Crippen molar-refractivity contribution in [3.8, 4) is 0 Å². The van der Waals surface area contributed by atoms with Gasteiger partial charge in [-0.3, -0.25) is 14.5 Å². The second-order valence-electron chi connectivity index (χ2n) is 6.43. The van der Waals surface area contributed by atoms with E-state index in [-0.39, 0.29) is 23.9 Å². The van der Waals surface area contributed by atoms with Gasteiger partial charge in [0.05, 0.1) is 6.54 Å². The van der Waals surface area contributed by atoms with Crippen molar-refractivity contribution in [2.24, 2.45) is 0 Å². The van der Waals surface area contributed by atoms with Gasteiger partial charge in [0.2, 0.25) is 11.8 Å². The number of rotatable bonds is 3. The first kappa shape index (κ1) is 15.0. The van der Waals surface area contributed by atoms with E-state index in [1.807, 2.05) is 17.0 Å². The minimum Gasteiger partial charge on any atom is -0.352 e. The van der Waals surface area contributed by atoms with Crippen LogP contribution in [0.5, 0.6) is 0 Å². The number of fused-ring (bicyclic) bond motifs is 1. The molecule has 5 nitrogen and oxygen atoms in total. The Kier molecular flexibility index (Phi) is 4.16. The van der Waals surface area contributed by atoms with E-state index in [0.29, 0.717) is 13.1 Å². The van der Waals surface area contributed by atoms with Crippen molar-refractivity contribution in [1.82, 2.24) is 15.1 Å². The fourth-order valence-electron chi connectivity index (χ4n) is 3.58. The first-order valence-corrected chi connectivity index (χ1v) is 7.86. The van der Waals surface area contributed by atoms with E-state index in [1.165, 1.54) is 18.1 Å². The normalized spacial score (nSPS) is 25.2. The minimum absolute atomic E-state index is 0.0194. The summed E-state index contributed by atoms with van der Waals surface area (Å²) in [6.45, 7) is 6.46. The first-order valence-electron chi connectivity index (χ1n) is 7.86. The zero-order valence-corrected chi connectivity index (χ0v) is 13.2. The standard InChI is InChI=1S/C17H23N3O2/c1-12-5-3-4-6-14(12)8-19-10-16-7-15(18-13(2)21)9-20(16)17(22)11-19/h3-6,15-16H,7-11H2,1-2H3,(H,18,21)/t15-,16-/m0/s1. The molecule has 0 saturated carbocycles. The van der Waals surface area contributed by atoms with Crippen molar-refractivity contribution in [3.63, 3.8) is 0 Å². The Morgan fingerprint density at radius 3 is 2.82 bits per heavy atom. The third kappa shape index (κ3) is 3.14. The summed E-state index contributed by atoms with van der Waals surface area (Å²) < 4.78 is 0. The molecule has 5 heteroatoms. The Balaban J connectivity index is 1.65. The van der Waals surface area contributed by atoms with Gasteiger partial charge in [0.25, 0.3) is 0 Å². The number of piperazine rings is 1. The Hall–Kier alpha value is -1.88. The van der Waals surface area contributed by atoms with Crippen LogP contribution >= 0.6 is 0 Å². The number of hydrogen-bond acceptors (Lipinski definition) is 3. The van der Waals surface area contributed by atoms with E-state index in [0.717, 1.165) is 19.5 Å². The molecule has 22 heavy (non-hydrogen) atoms. The molecular formula is C17H23N3O2. The molecule has 0 spiro atoms. The molecule has 1 aromatic carbocycles. The van der Waals surface area contributed by atoms with Gasteiger partial charge in [-0.25, -0.2) is 0 Å². The largest absolute Gasteiger partial charge is 0.352 e. The van der Waals surface area contributed by atoms with Gasteiger partial charge in [0.15, 0.2) is 0 Å². The van der Waals surface area contributed by atoms with Gasteiger partial charge in [0.1, 0.15) is 0 Å². The van der Waals surface area contributed by atoms with Gasteiger partial charge in [-0.15, -0.1) is 0 Å². The summed E-state index contributed by atoms with van der Waals surface area (Å²) in [5.41, 5.74) is 2.54. The summed E-state index contributed by atoms with van der Waals surface area (Å²) in [6.07, 6.45) is 0.857. The number of aryl methyl sites for hydroxylation is 1. The van der Waals surface area contributed by atoms with Gasteiger partial charge in [0, 0.05) is 38.6 Å². The van der Waals surface area contributed by atoms with Crippen LogP contribution in [0, 0.1) is 6.92 Å². The molecule has 3 rings (SSSR count). The van der Waals surface area contributed by atoms with E-state index in [1.54, 1.807) is 0 Å². The summed E-state index contributed by atoms with van der Waals surface area (Å²) in [5.74, 6) is 0.159. The highest BCUT2D eigenvalue weighted by Crippen LogP contribution is 2.24. The molecule has 1 N–H and O–H groups in total. The van der Waals surface area contributed by atoms with E-state index in [9.17, 15) is 9.59 Å². The third-order valence-electron chi connectivity index (χ3n) is 4.63. The Morgan fingerprint density at radius 2 is 2.09 bits per heavy atom. The topological polar surface area (TPSA) is 52.7 Å². The maximum Gasteiger partial charge on any atom is 0.237 e. The number of amides is 2. The molecule has 2 saturated heterocycles. The van der Waals surface area contributed by atoms with Crippen LogP contribution < -0.4 is 5.32 Å². The molecule has 2 aliphatic heterocycles. The lowest BCUT2D eigenvalue weighted by Crippen LogP contribution is -2.53. The maximum atomic E-state index is 12.4. The van der Waals surface area contributed by atoms with Crippen molar-refractivity contribution in [2.75, 3.05) is 19.6 Å². The monoisotopic (exact) mass is 301 g/mol. The van der Waals surface area contributed by atoms with Gasteiger partial charge in [-0.2, -0.15) is 0 Å². The fraction of sp³-hybridized carbons (Fsp3) is 0.529. The molecule has 0 aromatic heterocycles. The second kappa shape index (κ2) is 6.08. The lowest BCUT2D eigenvalue weighted by atomic mass is 10.1. The zero-order chi connectivity index (χ0) is 15.7. The molecule has 2 atom stereocenters. The summed E-state index contributed by atoms with van der Waals surface area (Å²) >= 11 is 0. The SMILES string of the molecule is CC(=O)N[C@H]1C[C@H]2CN(Cc3ccccc3C)CC(=O)N2C1. The quantitative estimate of drug-likeness (QED) is 0.903. The summed E-state index contributed by atoms with van der Waals surface area (Å²) in [5, 5.41) is 2.94. The van der Waals surface area contributed by atoms with Crippen LogP contribution in [0.1, 0.15) is 24.5 Å². The number of carbonyl (C=O) groups is 2. The van der Waals surface area contributed by atoms with Gasteiger partial charge >= 0.3 is 0 Å². The molecule has 0 aliphatic carbocycles. The fourth-order valence-corrected chi connectivity index (χ4v) is 3.58. The zero-order valence-electron chi connectivity index (χ0n) is 13.2. The van der Waals surface area contributed by atoms with Crippen LogP contribution in [-0.4, -0.2) is 53.3 Å². The third-order valence-corrected chi connectivity index (χ3v) is 4.63. The molecule has 2 amide bonds. The molecule has 0 bridgehead atoms. The number of nitrogens with one attached hydrogen (secondary N) is 1. The minimum atomic E-state index is -0.0194. The molecule has 0 radical (unpaired) electrons. The Morgan fingerprint density at radius 1 is 1.32 bits per heavy atom. The van der Waals surface area contributed by atoms with Gasteiger partial charge in [-0.1, -0.05) is 24.3 Å². The van der Waals surface area contributed by atoms with Crippen LogP contribution in [0.4, 0.5) is 0 Å². The van der Waals surface area contributed by atoms with E-state index >= 15 is 0 Å². The van der Waals surface area contributed by atoms with E-state index in [4.69, 9.17) is 0 Å². The highest BCUT2D eigenvalue weighted by atomic mass is 16.2. The van der Waals surface area contributed by atoms with Crippen molar-refractivity contribution in [2.45, 2.75) is 38.9 Å². The van der Waals surface area contributed by atoms with Crippen LogP contribution in [0.25, 0.3) is 0 Å². The lowest BCUT2D eigenvalue weighted by Gasteiger charge is -2.37. The Bertz CT molecular complexity index is 587. The second-order valence-corrected chi connectivity index (χ2v) is 6.43. The van der Waals surface area contributed by atoms with Crippen LogP contribution in [0.2, 0.25) is 0 Å². The van der Waals surface area contributed by atoms with Crippen molar-refractivity contribution < 1.29 is 9.59 Å². The van der Waals surface area contributed by atoms with Crippen LogP contribution in [-0.2, 0) is 16.1 Å². The predicted octanol–water partition coefficient (Wildman–Crippen LogP) is 0.916. The van der Waals surface area contributed by atoms with E-state index in [2.05, 4.69) is 29.3 Å². The van der Waals surface area contributed by atoms with Gasteiger partial charge < -0.3 is 10.2 Å². The first-order chi connectivity index (χ1) is 10.5.